The van der Waals surface area contributed by atoms with Gasteiger partial charge in [-0.2, -0.15) is 0 Å². The third-order valence-electron chi connectivity index (χ3n) is 4.25. The predicted octanol–water partition coefficient (Wildman–Crippen LogP) is 5.58. The molecule has 0 unspecified atom stereocenters. The van der Waals surface area contributed by atoms with Crippen LogP contribution in [0.3, 0.4) is 0 Å². The fourth-order valence-electron chi connectivity index (χ4n) is 3.20. The third kappa shape index (κ3) is 2.18. The highest BCUT2D eigenvalue weighted by Gasteiger charge is 2.10. The van der Waals surface area contributed by atoms with Gasteiger partial charge in [0.1, 0.15) is 0 Å². The fraction of sp³-hybridized carbons (Fsp3) is 0.100. The van der Waals surface area contributed by atoms with Gasteiger partial charge >= 0.3 is 0 Å². The molecule has 0 saturated heterocycles. The topological polar surface area (TPSA) is 4.93 Å². The standard InChI is InChI=1S/C20H16ClN/c1-22-13-17(20-18(21)7-4-8-19(20)22)12-14-9-10-15-5-2-3-6-16(15)11-14/h2-11,13H,12H2,1H3. The molecule has 0 atom stereocenters. The van der Waals surface area contributed by atoms with Crippen LogP contribution in [-0.2, 0) is 13.5 Å². The third-order valence-corrected chi connectivity index (χ3v) is 4.57. The van der Waals surface area contributed by atoms with E-state index >= 15 is 0 Å². The van der Waals surface area contributed by atoms with Crippen molar-refractivity contribution in [2.75, 3.05) is 0 Å². The minimum absolute atomic E-state index is 0.828. The summed E-state index contributed by atoms with van der Waals surface area (Å²) >= 11 is 6.42. The van der Waals surface area contributed by atoms with Crippen LogP contribution in [0.15, 0.2) is 66.9 Å². The molecule has 4 aromatic rings. The zero-order valence-corrected chi connectivity index (χ0v) is 13.1. The van der Waals surface area contributed by atoms with Crippen LogP contribution >= 0.6 is 11.6 Å². The molecule has 1 heterocycles. The first-order chi connectivity index (χ1) is 10.7. The summed E-state index contributed by atoms with van der Waals surface area (Å²) in [7, 11) is 2.07. The van der Waals surface area contributed by atoms with Gasteiger partial charge in [0, 0.05) is 24.1 Å². The molecule has 0 aliphatic heterocycles. The fourth-order valence-corrected chi connectivity index (χ4v) is 3.49. The highest BCUT2D eigenvalue weighted by Crippen LogP contribution is 2.30. The first-order valence-electron chi connectivity index (χ1n) is 7.42. The summed E-state index contributed by atoms with van der Waals surface area (Å²) in [6.45, 7) is 0. The second kappa shape index (κ2) is 5.19. The van der Waals surface area contributed by atoms with Crippen molar-refractivity contribution in [1.29, 1.82) is 0 Å². The van der Waals surface area contributed by atoms with Crippen molar-refractivity contribution in [2.45, 2.75) is 6.42 Å². The summed E-state index contributed by atoms with van der Waals surface area (Å²) in [5.41, 5.74) is 3.77. The second-order valence-electron chi connectivity index (χ2n) is 5.76. The lowest BCUT2D eigenvalue weighted by Gasteiger charge is -2.04. The molecule has 0 bridgehead atoms. The van der Waals surface area contributed by atoms with Gasteiger partial charge in [-0.1, -0.05) is 60.1 Å². The minimum Gasteiger partial charge on any atom is -0.350 e. The average molecular weight is 306 g/mol. The molecule has 22 heavy (non-hydrogen) atoms. The first-order valence-corrected chi connectivity index (χ1v) is 7.80. The van der Waals surface area contributed by atoms with E-state index in [-0.39, 0.29) is 0 Å². The van der Waals surface area contributed by atoms with E-state index in [9.17, 15) is 0 Å². The molecule has 0 fully saturated rings. The number of aromatic nitrogens is 1. The predicted molar refractivity (Wildman–Crippen MR) is 94.7 cm³/mol. The van der Waals surface area contributed by atoms with Crippen LogP contribution in [0.5, 0.6) is 0 Å². The molecule has 1 aromatic heterocycles. The van der Waals surface area contributed by atoms with Crippen LogP contribution in [0, 0.1) is 0 Å². The molecule has 0 spiro atoms. The van der Waals surface area contributed by atoms with E-state index in [1.165, 1.54) is 32.8 Å². The minimum atomic E-state index is 0.828. The van der Waals surface area contributed by atoms with E-state index in [0.29, 0.717) is 0 Å². The maximum atomic E-state index is 6.42. The molecule has 2 heteroatoms. The van der Waals surface area contributed by atoms with E-state index in [4.69, 9.17) is 11.6 Å². The van der Waals surface area contributed by atoms with Gasteiger partial charge in [0.15, 0.2) is 0 Å². The van der Waals surface area contributed by atoms with Crippen LogP contribution < -0.4 is 0 Å². The molecule has 108 valence electrons. The van der Waals surface area contributed by atoms with E-state index in [2.05, 4.69) is 66.3 Å². The Kier molecular flexibility index (Phi) is 3.16. The maximum absolute atomic E-state index is 6.42. The van der Waals surface area contributed by atoms with E-state index in [0.717, 1.165) is 11.4 Å². The van der Waals surface area contributed by atoms with Gasteiger partial charge in [0.2, 0.25) is 0 Å². The van der Waals surface area contributed by atoms with Crippen molar-refractivity contribution in [3.63, 3.8) is 0 Å². The van der Waals surface area contributed by atoms with E-state index < -0.39 is 0 Å². The molecule has 0 amide bonds. The number of halogens is 1. The monoisotopic (exact) mass is 305 g/mol. The number of fused-ring (bicyclic) bond motifs is 2. The SMILES string of the molecule is Cn1cc(Cc2ccc3ccccc3c2)c2c(Cl)cccc21. The summed E-state index contributed by atoms with van der Waals surface area (Å²) in [6.07, 6.45) is 3.08. The van der Waals surface area contributed by atoms with Crippen molar-refractivity contribution in [2.24, 2.45) is 7.05 Å². The zero-order chi connectivity index (χ0) is 15.1. The van der Waals surface area contributed by atoms with Gasteiger partial charge in [-0.15, -0.1) is 0 Å². The van der Waals surface area contributed by atoms with Crippen LogP contribution in [0.25, 0.3) is 21.7 Å². The van der Waals surface area contributed by atoms with Gasteiger partial charge in [0.05, 0.1) is 5.02 Å². The molecule has 0 aliphatic carbocycles. The van der Waals surface area contributed by atoms with Crippen molar-refractivity contribution < 1.29 is 0 Å². The summed E-state index contributed by atoms with van der Waals surface area (Å²) in [4.78, 5) is 0. The molecule has 0 N–H and O–H groups in total. The zero-order valence-electron chi connectivity index (χ0n) is 12.4. The van der Waals surface area contributed by atoms with Crippen molar-refractivity contribution in [3.05, 3.63) is 83.0 Å². The number of aryl methyl sites for hydroxylation is 1. The number of hydrogen-bond donors (Lipinski definition) is 0. The van der Waals surface area contributed by atoms with Crippen LogP contribution in [0.4, 0.5) is 0 Å². The Bertz CT molecular complexity index is 982. The number of rotatable bonds is 2. The Labute approximate surface area is 134 Å². The van der Waals surface area contributed by atoms with Crippen LogP contribution in [0.1, 0.15) is 11.1 Å². The normalized spacial score (nSPS) is 11.4. The van der Waals surface area contributed by atoms with E-state index in [1.807, 2.05) is 12.1 Å². The molecule has 0 radical (unpaired) electrons. The molecular formula is C20H16ClN. The molecule has 1 nitrogen and oxygen atoms in total. The van der Waals surface area contributed by atoms with E-state index in [1.54, 1.807) is 0 Å². The van der Waals surface area contributed by atoms with Gasteiger partial charge < -0.3 is 4.57 Å². The largest absolute Gasteiger partial charge is 0.350 e. The molecule has 0 aliphatic rings. The molecular weight excluding hydrogens is 290 g/mol. The first kappa shape index (κ1) is 13.4. The van der Waals surface area contributed by atoms with Gasteiger partial charge in [-0.05, 0) is 40.5 Å². The Hall–Kier alpha value is -2.25. The number of nitrogens with zero attached hydrogens (tertiary/aromatic N) is 1. The lowest BCUT2D eigenvalue weighted by Crippen LogP contribution is -1.87. The average Bonchev–Trinajstić information content (AvgIpc) is 2.85. The second-order valence-corrected chi connectivity index (χ2v) is 6.16. The maximum Gasteiger partial charge on any atom is 0.0502 e. The lowest BCUT2D eigenvalue weighted by molar-refractivity contribution is 0.958. The molecule has 3 aromatic carbocycles. The summed E-state index contributed by atoms with van der Waals surface area (Å²) < 4.78 is 2.15. The van der Waals surface area contributed by atoms with Crippen molar-refractivity contribution in [1.82, 2.24) is 4.57 Å². The summed E-state index contributed by atoms with van der Waals surface area (Å²) in [6, 6.07) is 21.2. The number of benzene rings is 3. The van der Waals surface area contributed by atoms with Crippen molar-refractivity contribution in [3.8, 4) is 0 Å². The highest BCUT2D eigenvalue weighted by atomic mass is 35.5. The Morgan fingerprint density at radius 1 is 0.909 bits per heavy atom. The Morgan fingerprint density at radius 2 is 1.73 bits per heavy atom. The Morgan fingerprint density at radius 3 is 2.59 bits per heavy atom. The molecule has 0 saturated carbocycles. The quantitative estimate of drug-likeness (QED) is 0.456. The number of hydrogen-bond acceptors (Lipinski definition) is 0. The summed E-state index contributed by atoms with van der Waals surface area (Å²) in [5, 5.41) is 4.56. The Balaban J connectivity index is 1.82. The smallest absolute Gasteiger partial charge is 0.0502 e. The molecule has 4 rings (SSSR count). The van der Waals surface area contributed by atoms with Gasteiger partial charge in [-0.3, -0.25) is 0 Å². The highest BCUT2D eigenvalue weighted by molar-refractivity contribution is 6.35. The van der Waals surface area contributed by atoms with Crippen molar-refractivity contribution >= 4 is 33.3 Å². The van der Waals surface area contributed by atoms with Gasteiger partial charge in [0.25, 0.3) is 0 Å². The van der Waals surface area contributed by atoms with Crippen LogP contribution in [-0.4, -0.2) is 4.57 Å². The lowest BCUT2D eigenvalue weighted by atomic mass is 10.0. The van der Waals surface area contributed by atoms with Crippen LogP contribution in [0.2, 0.25) is 5.02 Å². The summed E-state index contributed by atoms with van der Waals surface area (Å²) in [5.74, 6) is 0. The van der Waals surface area contributed by atoms with Gasteiger partial charge in [-0.25, -0.2) is 0 Å².